The molecule has 24 heavy (non-hydrogen) atoms. The molecular weight excluding hydrogens is 324 g/mol. The number of rotatable bonds is 4. The first kappa shape index (κ1) is 17.3. The van der Waals surface area contributed by atoms with E-state index in [4.69, 9.17) is 0 Å². The van der Waals surface area contributed by atoms with Crippen molar-refractivity contribution < 1.29 is 13.2 Å². The lowest BCUT2D eigenvalue weighted by atomic mass is 10.0. The number of nitrogens with zero attached hydrogens (tertiary/aromatic N) is 2. The summed E-state index contributed by atoms with van der Waals surface area (Å²) in [6.07, 6.45) is 4.75. The molecule has 5 nitrogen and oxygen atoms in total. The van der Waals surface area contributed by atoms with Gasteiger partial charge in [-0.3, -0.25) is 4.79 Å². The number of amides is 1. The third-order valence-electron chi connectivity index (χ3n) is 5.25. The van der Waals surface area contributed by atoms with E-state index in [1.165, 1.54) is 0 Å². The monoisotopic (exact) mass is 350 g/mol. The van der Waals surface area contributed by atoms with Crippen LogP contribution in [-0.4, -0.2) is 56.9 Å². The number of hydrogen-bond acceptors (Lipinski definition) is 4. The molecule has 0 spiro atoms. The van der Waals surface area contributed by atoms with E-state index in [0.29, 0.717) is 18.7 Å². The second-order valence-corrected chi connectivity index (χ2v) is 9.63. The number of anilines is 1. The van der Waals surface area contributed by atoms with Gasteiger partial charge < -0.3 is 9.80 Å². The van der Waals surface area contributed by atoms with Gasteiger partial charge in [-0.25, -0.2) is 8.42 Å². The third kappa shape index (κ3) is 3.29. The molecule has 0 atom stereocenters. The summed E-state index contributed by atoms with van der Waals surface area (Å²) >= 11 is 0. The second kappa shape index (κ2) is 6.75. The van der Waals surface area contributed by atoms with Gasteiger partial charge in [0.05, 0.1) is 10.5 Å². The van der Waals surface area contributed by atoms with Crippen LogP contribution in [0.4, 0.5) is 5.69 Å². The summed E-state index contributed by atoms with van der Waals surface area (Å²) < 4.78 is 25.3. The molecule has 1 aromatic carbocycles. The summed E-state index contributed by atoms with van der Waals surface area (Å²) in [5, 5.41) is -0.557. The Morgan fingerprint density at radius 1 is 1.00 bits per heavy atom. The van der Waals surface area contributed by atoms with Crippen molar-refractivity contribution >= 4 is 21.4 Å². The summed E-state index contributed by atoms with van der Waals surface area (Å²) in [6, 6.07) is 7.42. The van der Waals surface area contributed by atoms with Crippen molar-refractivity contribution in [3.8, 4) is 0 Å². The van der Waals surface area contributed by atoms with Crippen LogP contribution in [-0.2, 0) is 9.84 Å². The Kier molecular flexibility index (Phi) is 4.85. The second-order valence-electron chi connectivity index (χ2n) is 7.12. The van der Waals surface area contributed by atoms with E-state index in [0.717, 1.165) is 37.8 Å². The number of carbonyl (C=O) groups is 1. The molecule has 0 N–H and O–H groups in total. The molecule has 1 aromatic rings. The van der Waals surface area contributed by atoms with E-state index < -0.39 is 9.84 Å². The number of carbonyl (C=O) groups excluding carboxylic acids is 1. The number of likely N-dealkylation sites (tertiary alicyclic amines) is 1. The van der Waals surface area contributed by atoms with Crippen LogP contribution in [0.15, 0.2) is 24.3 Å². The normalized spacial score (nSPS) is 19.8. The average Bonchev–Trinajstić information content (AvgIpc) is 2.54. The molecule has 1 saturated carbocycles. The molecule has 0 aromatic heterocycles. The van der Waals surface area contributed by atoms with E-state index in [1.54, 1.807) is 17.0 Å². The highest BCUT2D eigenvalue weighted by atomic mass is 32.2. The van der Waals surface area contributed by atoms with Gasteiger partial charge in [0.1, 0.15) is 0 Å². The SMILES string of the molecule is CN(C)c1ccc(C(=O)N2CC(S(=O)(=O)C3CCCCC3)C2)cc1. The highest BCUT2D eigenvalue weighted by Gasteiger charge is 2.43. The van der Waals surface area contributed by atoms with Gasteiger partial charge in [0.15, 0.2) is 9.84 Å². The summed E-state index contributed by atoms with van der Waals surface area (Å²) in [4.78, 5) is 16.1. The molecule has 2 aliphatic rings. The Balaban J connectivity index is 1.60. The summed E-state index contributed by atoms with van der Waals surface area (Å²) in [6.45, 7) is 0.681. The Hall–Kier alpha value is -1.56. The van der Waals surface area contributed by atoms with Gasteiger partial charge in [-0.05, 0) is 37.1 Å². The number of benzene rings is 1. The number of hydrogen-bond donors (Lipinski definition) is 0. The zero-order valence-corrected chi connectivity index (χ0v) is 15.3. The first-order valence-corrected chi connectivity index (χ1v) is 10.3. The van der Waals surface area contributed by atoms with Crippen molar-refractivity contribution in [3.05, 3.63) is 29.8 Å². The molecule has 0 unspecified atom stereocenters. The molecule has 1 saturated heterocycles. The Morgan fingerprint density at radius 2 is 1.58 bits per heavy atom. The smallest absolute Gasteiger partial charge is 0.253 e. The van der Waals surface area contributed by atoms with Crippen molar-refractivity contribution in [2.45, 2.75) is 42.6 Å². The lowest BCUT2D eigenvalue weighted by Gasteiger charge is -2.41. The molecule has 1 amide bonds. The van der Waals surface area contributed by atoms with Gasteiger partial charge >= 0.3 is 0 Å². The third-order valence-corrected chi connectivity index (χ3v) is 7.88. The van der Waals surface area contributed by atoms with E-state index in [1.807, 2.05) is 31.1 Å². The zero-order chi connectivity index (χ0) is 17.3. The maximum absolute atomic E-state index is 12.6. The minimum atomic E-state index is -3.09. The summed E-state index contributed by atoms with van der Waals surface area (Å²) in [7, 11) is 0.810. The van der Waals surface area contributed by atoms with Gasteiger partial charge in [-0.1, -0.05) is 19.3 Å². The van der Waals surface area contributed by atoms with Crippen LogP contribution in [0.1, 0.15) is 42.5 Å². The maximum atomic E-state index is 12.6. The lowest BCUT2D eigenvalue weighted by Crippen LogP contribution is -2.58. The van der Waals surface area contributed by atoms with Crippen LogP contribution in [0.25, 0.3) is 0 Å². The first-order chi connectivity index (χ1) is 11.4. The molecule has 6 heteroatoms. The predicted molar refractivity (Wildman–Crippen MR) is 96.3 cm³/mol. The highest BCUT2D eigenvalue weighted by molar-refractivity contribution is 7.92. The largest absolute Gasteiger partial charge is 0.378 e. The molecule has 1 aliphatic carbocycles. The molecule has 2 fully saturated rings. The van der Waals surface area contributed by atoms with Crippen molar-refractivity contribution in [1.82, 2.24) is 4.90 Å². The van der Waals surface area contributed by atoms with Crippen LogP contribution in [0.2, 0.25) is 0 Å². The lowest BCUT2D eigenvalue weighted by molar-refractivity contribution is 0.0658. The molecule has 0 bridgehead atoms. The quantitative estimate of drug-likeness (QED) is 0.836. The molecule has 1 aliphatic heterocycles. The Morgan fingerprint density at radius 3 is 2.12 bits per heavy atom. The van der Waals surface area contributed by atoms with E-state index in [9.17, 15) is 13.2 Å². The van der Waals surface area contributed by atoms with Crippen molar-refractivity contribution in [3.63, 3.8) is 0 Å². The highest BCUT2D eigenvalue weighted by Crippen LogP contribution is 2.30. The van der Waals surface area contributed by atoms with Crippen molar-refractivity contribution in [1.29, 1.82) is 0 Å². The fourth-order valence-corrected chi connectivity index (χ4v) is 5.87. The Labute approximate surface area is 144 Å². The minimum Gasteiger partial charge on any atom is -0.378 e. The fourth-order valence-electron chi connectivity index (χ4n) is 3.56. The van der Waals surface area contributed by atoms with E-state index >= 15 is 0 Å². The van der Waals surface area contributed by atoms with Gasteiger partial charge in [0, 0.05) is 38.4 Å². The predicted octanol–water partition coefficient (Wildman–Crippen LogP) is 2.32. The zero-order valence-electron chi connectivity index (χ0n) is 14.4. The Bertz CT molecular complexity index is 685. The van der Waals surface area contributed by atoms with Crippen LogP contribution < -0.4 is 4.90 Å². The maximum Gasteiger partial charge on any atom is 0.253 e. The van der Waals surface area contributed by atoms with Crippen LogP contribution >= 0.6 is 0 Å². The summed E-state index contributed by atoms with van der Waals surface area (Å²) in [5.41, 5.74) is 1.65. The van der Waals surface area contributed by atoms with E-state index in [2.05, 4.69) is 0 Å². The van der Waals surface area contributed by atoms with Crippen molar-refractivity contribution in [2.24, 2.45) is 0 Å². The molecule has 3 rings (SSSR count). The van der Waals surface area contributed by atoms with Gasteiger partial charge in [0.2, 0.25) is 0 Å². The standard InChI is InChI=1S/C18H26N2O3S/c1-19(2)15-10-8-14(9-11-15)18(21)20-12-17(13-20)24(22,23)16-6-4-3-5-7-16/h8-11,16-17H,3-7,12-13H2,1-2H3. The number of sulfone groups is 1. The van der Waals surface area contributed by atoms with Gasteiger partial charge in [0.25, 0.3) is 5.91 Å². The first-order valence-electron chi connectivity index (χ1n) is 8.69. The molecule has 0 radical (unpaired) electrons. The van der Waals surface area contributed by atoms with Crippen LogP contribution in [0.3, 0.4) is 0 Å². The van der Waals surface area contributed by atoms with Crippen LogP contribution in [0.5, 0.6) is 0 Å². The molecule has 1 heterocycles. The topological polar surface area (TPSA) is 57.7 Å². The van der Waals surface area contributed by atoms with E-state index in [-0.39, 0.29) is 16.4 Å². The molecule has 132 valence electrons. The van der Waals surface area contributed by atoms with Crippen molar-refractivity contribution in [2.75, 3.05) is 32.1 Å². The van der Waals surface area contributed by atoms with Gasteiger partial charge in [-0.2, -0.15) is 0 Å². The summed E-state index contributed by atoms with van der Waals surface area (Å²) in [5.74, 6) is -0.0737. The average molecular weight is 350 g/mol. The molecular formula is C18H26N2O3S. The van der Waals surface area contributed by atoms with Crippen LogP contribution in [0, 0.1) is 0 Å². The minimum absolute atomic E-state index is 0.0737. The fraction of sp³-hybridized carbons (Fsp3) is 0.611. The van der Waals surface area contributed by atoms with Gasteiger partial charge in [-0.15, -0.1) is 0 Å².